The molecule has 4 rings (SSSR count). The van der Waals surface area contributed by atoms with E-state index in [2.05, 4.69) is 5.32 Å². The number of nitrogens with zero attached hydrogens (tertiary/aromatic N) is 1. The Labute approximate surface area is 249 Å². The molecule has 4 aromatic rings. The smallest absolute Gasteiger partial charge is 0.410 e. The van der Waals surface area contributed by atoms with Gasteiger partial charge >= 0.3 is 12.1 Å². The molecule has 9 heteroatoms. The van der Waals surface area contributed by atoms with Gasteiger partial charge in [0.25, 0.3) is 5.91 Å². The first-order valence-corrected chi connectivity index (χ1v) is 13.7. The van der Waals surface area contributed by atoms with Crippen LogP contribution in [0.25, 0.3) is 11.1 Å². The van der Waals surface area contributed by atoms with Crippen LogP contribution < -0.4 is 10.1 Å². The van der Waals surface area contributed by atoms with E-state index in [1.54, 1.807) is 41.3 Å². The Bertz CT molecular complexity index is 1560. The van der Waals surface area contributed by atoms with Crippen molar-refractivity contribution in [2.24, 2.45) is 0 Å². The average Bonchev–Trinajstić information content (AvgIpc) is 3.00. The highest BCUT2D eigenvalue weighted by molar-refractivity contribution is 6.30. The zero-order chi connectivity index (χ0) is 30.1. The van der Waals surface area contributed by atoms with Gasteiger partial charge in [0.2, 0.25) is 0 Å². The van der Waals surface area contributed by atoms with E-state index in [1.165, 1.54) is 7.11 Å². The van der Waals surface area contributed by atoms with Gasteiger partial charge in [-0.2, -0.15) is 0 Å². The third-order valence-corrected chi connectivity index (χ3v) is 6.89. The fraction of sp³-hybridized carbons (Fsp3) is 0.182. The van der Waals surface area contributed by atoms with Gasteiger partial charge in [0, 0.05) is 41.0 Å². The lowest BCUT2D eigenvalue weighted by molar-refractivity contribution is -0.136. The number of carbonyl (C=O) groups excluding carboxylic acids is 2. The van der Waals surface area contributed by atoms with Crippen LogP contribution in [0.5, 0.6) is 5.75 Å². The highest BCUT2D eigenvalue weighted by atomic mass is 35.5. The fourth-order valence-corrected chi connectivity index (χ4v) is 4.59. The van der Waals surface area contributed by atoms with Crippen molar-refractivity contribution in [3.8, 4) is 16.9 Å². The zero-order valence-corrected chi connectivity index (χ0v) is 24.1. The van der Waals surface area contributed by atoms with Gasteiger partial charge < -0.3 is 24.8 Å². The average molecular weight is 587 g/mol. The third kappa shape index (κ3) is 7.67. The molecule has 0 fully saturated rings. The number of carbonyl (C=O) groups is 3. The zero-order valence-electron chi connectivity index (χ0n) is 23.3. The Morgan fingerprint density at radius 2 is 1.57 bits per heavy atom. The SMILES string of the molecule is CCN(Cc1ccccc1-c1cc(CC(=O)O)c(NC(=O)c2ccc(Cl)cc2)cc1OC)C(=O)OCc1ccccc1. The van der Waals surface area contributed by atoms with E-state index >= 15 is 0 Å². The minimum atomic E-state index is -1.06. The molecule has 0 radical (unpaired) electrons. The van der Waals surface area contributed by atoms with Crippen molar-refractivity contribution >= 4 is 35.3 Å². The van der Waals surface area contributed by atoms with Gasteiger partial charge in [-0.05, 0) is 59.5 Å². The van der Waals surface area contributed by atoms with Crippen molar-refractivity contribution in [2.75, 3.05) is 19.0 Å². The summed E-state index contributed by atoms with van der Waals surface area (Å²) in [6, 6.07) is 26.6. The number of carboxylic acids is 1. The maximum Gasteiger partial charge on any atom is 0.410 e. The molecule has 0 aromatic heterocycles. The van der Waals surface area contributed by atoms with Crippen LogP contribution in [0.4, 0.5) is 10.5 Å². The van der Waals surface area contributed by atoms with Crippen LogP contribution in [0.3, 0.4) is 0 Å². The molecule has 2 N–H and O–H groups in total. The van der Waals surface area contributed by atoms with Crippen molar-refractivity contribution in [2.45, 2.75) is 26.5 Å². The van der Waals surface area contributed by atoms with E-state index in [1.807, 2.05) is 61.5 Å². The molecule has 0 aliphatic heterocycles. The fourth-order valence-electron chi connectivity index (χ4n) is 4.47. The van der Waals surface area contributed by atoms with Gasteiger partial charge in [-0.15, -0.1) is 0 Å². The molecule has 4 aromatic carbocycles. The second-order valence-corrected chi connectivity index (χ2v) is 9.89. The van der Waals surface area contributed by atoms with E-state index < -0.39 is 18.0 Å². The Balaban J connectivity index is 1.64. The van der Waals surface area contributed by atoms with E-state index in [4.69, 9.17) is 21.1 Å². The van der Waals surface area contributed by atoms with Gasteiger partial charge in [0.05, 0.1) is 13.5 Å². The number of halogens is 1. The standard InChI is InChI=1S/C33H31ClN2O6/c1-3-36(33(40)42-21-22-9-5-4-6-10-22)20-24-11-7-8-12-27(24)28-17-25(18-31(37)38)29(19-30(28)41-2)35-32(39)23-13-15-26(34)16-14-23/h4-17,19H,3,18,20-21H2,1-2H3,(H,35,39)(H,37,38). The summed E-state index contributed by atoms with van der Waals surface area (Å²) in [6.07, 6.45) is -0.780. The Morgan fingerprint density at radius 3 is 2.24 bits per heavy atom. The van der Waals surface area contributed by atoms with Gasteiger partial charge in [-0.1, -0.05) is 66.2 Å². The molecule has 0 atom stereocenters. The van der Waals surface area contributed by atoms with Crippen molar-refractivity contribution in [1.82, 2.24) is 4.90 Å². The van der Waals surface area contributed by atoms with Crippen LogP contribution in [-0.4, -0.2) is 41.6 Å². The van der Waals surface area contributed by atoms with E-state index in [-0.39, 0.29) is 19.6 Å². The monoisotopic (exact) mass is 586 g/mol. The van der Waals surface area contributed by atoms with Crippen molar-refractivity contribution < 1.29 is 29.0 Å². The predicted molar refractivity (Wildman–Crippen MR) is 162 cm³/mol. The number of benzene rings is 4. The molecule has 0 aliphatic rings. The largest absolute Gasteiger partial charge is 0.496 e. The molecule has 0 aliphatic carbocycles. The Hall–Kier alpha value is -4.82. The van der Waals surface area contributed by atoms with Crippen molar-refractivity contribution in [3.05, 3.63) is 118 Å². The number of rotatable bonds is 11. The molecule has 216 valence electrons. The predicted octanol–water partition coefficient (Wildman–Crippen LogP) is 7.05. The molecule has 0 saturated carbocycles. The van der Waals surface area contributed by atoms with Crippen LogP contribution in [0, 0.1) is 0 Å². The van der Waals surface area contributed by atoms with Gasteiger partial charge in [-0.3, -0.25) is 9.59 Å². The molecule has 0 heterocycles. The highest BCUT2D eigenvalue weighted by Crippen LogP contribution is 2.38. The molecular weight excluding hydrogens is 556 g/mol. The molecule has 0 bridgehead atoms. The first-order valence-electron chi connectivity index (χ1n) is 13.3. The number of hydrogen-bond acceptors (Lipinski definition) is 5. The maximum atomic E-state index is 12.9. The van der Waals surface area contributed by atoms with Crippen molar-refractivity contribution in [1.29, 1.82) is 0 Å². The number of carboxylic acid groups (broad SMARTS) is 1. The molecule has 8 nitrogen and oxygen atoms in total. The Kier molecular flexibility index (Phi) is 10.2. The number of anilines is 1. The number of aliphatic carboxylic acids is 1. The second-order valence-electron chi connectivity index (χ2n) is 9.45. The summed E-state index contributed by atoms with van der Waals surface area (Å²) >= 11 is 5.94. The summed E-state index contributed by atoms with van der Waals surface area (Å²) in [5.74, 6) is -1.04. The molecule has 0 unspecified atom stereocenters. The number of hydrogen-bond donors (Lipinski definition) is 2. The normalized spacial score (nSPS) is 10.5. The lowest BCUT2D eigenvalue weighted by Gasteiger charge is -2.23. The Morgan fingerprint density at radius 1 is 0.881 bits per heavy atom. The summed E-state index contributed by atoms with van der Waals surface area (Å²) in [5.41, 5.74) is 4.16. The topological polar surface area (TPSA) is 105 Å². The van der Waals surface area contributed by atoms with Crippen LogP contribution in [0.2, 0.25) is 5.02 Å². The number of nitrogens with one attached hydrogen (secondary N) is 1. The lowest BCUT2D eigenvalue weighted by atomic mass is 9.95. The highest BCUT2D eigenvalue weighted by Gasteiger charge is 2.21. The third-order valence-electron chi connectivity index (χ3n) is 6.64. The molecule has 42 heavy (non-hydrogen) atoms. The summed E-state index contributed by atoms with van der Waals surface area (Å²) in [7, 11) is 1.50. The van der Waals surface area contributed by atoms with E-state index in [0.717, 1.165) is 16.7 Å². The second kappa shape index (κ2) is 14.2. The van der Waals surface area contributed by atoms with E-state index in [9.17, 15) is 19.5 Å². The number of amides is 2. The van der Waals surface area contributed by atoms with Crippen LogP contribution in [0.15, 0.2) is 91.0 Å². The summed E-state index contributed by atoms with van der Waals surface area (Å²) in [6.45, 7) is 2.70. The van der Waals surface area contributed by atoms with Gasteiger partial charge in [0.15, 0.2) is 0 Å². The number of ether oxygens (including phenoxy) is 2. The molecule has 0 saturated heterocycles. The van der Waals surface area contributed by atoms with Crippen molar-refractivity contribution in [3.63, 3.8) is 0 Å². The van der Waals surface area contributed by atoms with Crippen LogP contribution in [0.1, 0.15) is 34.0 Å². The first kappa shape index (κ1) is 30.1. The van der Waals surface area contributed by atoms with Crippen LogP contribution >= 0.6 is 11.6 Å². The maximum absolute atomic E-state index is 12.9. The number of methoxy groups -OCH3 is 1. The minimum absolute atomic E-state index is 0.160. The molecule has 2 amide bonds. The van der Waals surface area contributed by atoms with Gasteiger partial charge in [-0.25, -0.2) is 4.79 Å². The van der Waals surface area contributed by atoms with E-state index in [0.29, 0.717) is 39.7 Å². The van der Waals surface area contributed by atoms with Gasteiger partial charge in [0.1, 0.15) is 12.4 Å². The quantitative estimate of drug-likeness (QED) is 0.195. The first-order chi connectivity index (χ1) is 20.3. The lowest BCUT2D eigenvalue weighted by Crippen LogP contribution is -2.31. The summed E-state index contributed by atoms with van der Waals surface area (Å²) in [4.78, 5) is 39.3. The van der Waals surface area contributed by atoms with Crippen LogP contribution in [-0.2, 0) is 29.1 Å². The summed E-state index contributed by atoms with van der Waals surface area (Å²) < 4.78 is 11.3. The summed E-state index contributed by atoms with van der Waals surface area (Å²) in [5, 5.41) is 12.9. The molecular formula is C33H31ClN2O6. The molecule has 0 spiro atoms. The minimum Gasteiger partial charge on any atom is -0.496 e.